The number of methoxy groups -OCH3 is 1. The third-order valence-corrected chi connectivity index (χ3v) is 13.7. The molecule has 0 aromatic heterocycles. The Balaban J connectivity index is 2.75. The average molecular weight is 896 g/mol. The van der Waals surface area contributed by atoms with Crippen molar-refractivity contribution in [1.29, 1.82) is 0 Å². The molecular formula is C47H85N5O7S2. The number of nitrogens with zero attached hydrogens (tertiary/aromatic N) is 1. The van der Waals surface area contributed by atoms with Gasteiger partial charge in [-0.25, -0.2) is 17.9 Å². The van der Waals surface area contributed by atoms with E-state index in [0.29, 0.717) is 31.6 Å². The van der Waals surface area contributed by atoms with Gasteiger partial charge in [-0.2, -0.15) is 11.8 Å². The van der Waals surface area contributed by atoms with Crippen LogP contribution in [0.25, 0.3) is 0 Å². The monoisotopic (exact) mass is 896 g/mol. The molecule has 14 heteroatoms. The average Bonchev–Trinajstić information content (AvgIpc) is 3.64. The summed E-state index contributed by atoms with van der Waals surface area (Å²) >= 11 is 1.50. The van der Waals surface area contributed by atoms with Gasteiger partial charge in [0.25, 0.3) is 0 Å². The zero-order chi connectivity index (χ0) is 45.5. The Hall–Kier alpha value is -2.68. The zero-order valence-corrected chi connectivity index (χ0v) is 40.8. The predicted octanol–water partition coefficient (Wildman–Crippen LogP) is 8.27. The number of rotatable bonds is 35. The van der Waals surface area contributed by atoms with Crippen LogP contribution < -0.4 is 21.1 Å². The maximum absolute atomic E-state index is 14.1. The number of esters is 1. The predicted molar refractivity (Wildman–Crippen MR) is 254 cm³/mol. The molecule has 0 aliphatic carbocycles. The summed E-state index contributed by atoms with van der Waals surface area (Å²) in [5, 5.41) is 5.42. The third-order valence-electron chi connectivity index (χ3n) is 11.3. The fraction of sp³-hybridized carbons (Fsp3) is 0.787. The molecule has 352 valence electrons. The lowest BCUT2D eigenvalue weighted by Crippen LogP contribution is -2.58. The number of nitrogens with one attached hydrogen (secondary N) is 3. The minimum absolute atomic E-state index is 0.0736. The van der Waals surface area contributed by atoms with Crippen molar-refractivity contribution in [2.75, 3.05) is 44.0 Å². The van der Waals surface area contributed by atoms with E-state index in [4.69, 9.17) is 10.5 Å². The minimum Gasteiger partial charge on any atom is -0.467 e. The molecule has 0 radical (unpaired) electrons. The van der Waals surface area contributed by atoms with Crippen LogP contribution in [-0.2, 0) is 33.9 Å². The van der Waals surface area contributed by atoms with Crippen LogP contribution in [0.4, 0.5) is 0 Å². The van der Waals surface area contributed by atoms with Crippen molar-refractivity contribution in [2.24, 2.45) is 11.7 Å². The van der Waals surface area contributed by atoms with Crippen LogP contribution in [0.3, 0.4) is 0 Å². The summed E-state index contributed by atoms with van der Waals surface area (Å²) in [6, 6.07) is -3.11. The molecule has 0 spiro atoms. The number of hydrogen-bond acceptors (Lipinski definition) is 9. The van der Waals surface area contributed by atoms with Gasteiger partial charge in [0.2, 0.25) is 27.7 Å². The van der Waals surface area contributed by atoms with Gasteiger partial charge in [0.15, 0.2) is 0 Å². The first-order valence-corrected chi connectivity index (χ1v) is 26.1. The van der Waals surface area contributed by atoms with Crippen LogP contribution in [0.5, 0.6) is 0 Å². The maximum atomic E-state index is 14.1. The molecule has 0 unspecified atom stereocenters. The van der Waals surface area contributed by atoms with Crippen molar-refractivity contribution in [2.45, 2.75) is 188 Å². The number of allylic oxidation sites excluding steroid dienone is 5. The Morgan fingerprint density at radius 1 is 0.787 bits per heavy atom. The van der Waals surface area contributed by atoms with Crippen LogP contribution in [0.2, 0.25) is 0 Å². The van der Waals surface area contributed by atoms with Gasteiger partial charge in [-0.15, -0.1) is 0 Å². The van der Waals surface area contributed by atoms with Gasteiger partial charge in [0, 0.05) is 31.5 Å². The Labute approximate surface area is 375 Å². The molecule has 1 aliphatic rings. The van der Waals surface area contributed by atoms with E-state index in [2.05, 4.69) is 68.2 Å². The van der Waals surface area contributed by atoms with Gasteiger partial charge in [-0.3, -0.25) is 14.4 Å². The highest BCUT2D eigenvalue weighted by Gasteiger charge is 2.42. The quantitative estimate of drug-likeness (QED) is 0.0277. The lowest BCUT2D eigenvalue weighted by molar-refractivity contribution is -0.146. The normalized spacial score (nSPS) is 16.9. The summed E-state index contributed by atoms with van der Waals surface area (Å²) in [6.45, 7) is 12.2. The van der Waals surface area contributed by atoms with Crippen LogP contribution in [0.15, 0.2) is 34.9 Å². The smallest absolute Gasteiger partial charge is 0.329 e. The van der Waals surface area contributed by atoms with Crippen LogP contribution >= 0.6 is 11.8 Å². The molecule has 4 atom stereocenters. The van der Waals surface area contributed by atoms with Gasteiger partial charge in [-0.05, 0) is 85.1 Å². The second-order valence-corrected chi connectivity index (χ2v) is 20.3. The first-order chi connectivity index (χ1) is 29.1. The van der Waals surface area contributed by atoms with Crippen LogP contribution in [-0.4, -0.2) is 99.1 Å². The number of unbranched alkanes of at least 4 members (excludes halogenated alkanes) is 13. The molecule has 1 aliphatic heterocycles. The molecule has 5 N–H and O–H groups in total. The minimum atomic E-state index is -3.72. The number of carbonyl (C=O) groups is 4. The number of ether oxygens (including phenoxy) is 1. The van der Waals surface area contributed by atoms with Gasteiger partial charge >= 0.3 is 5.97 Å². The standard InChI is InChI=1S/C47H85N5O7S2/c1-8-9-10-11-12-13-14-15-16-17-18-19-20-21-32-61(57,58)49-34-42(50-40(6)53)46(55)52-35-41(28-30-48)33-44(52)45(54)51-43(47(56)59-7)36-60-31-29-39(5)27-23-26-38(4)25-22-24-37(2)3/h24,26,29,41-44,49H,8-23,25,27-28,30-36,48H2,1-7H3,(H,50,53)(H,51,54)/b38-26+,39-29+/t41-,42+,43+,44+/m1/s1. The summed E-state index contributed by atoms with van der Waals surface area (Å²) in [4.78, 5) is 54.4. The Morgan fingerprint density at radius 3 is 1.89 bits per heavy atom. The number of carbonyl (C=O) groups excluding carboxylic acids is 4. The van der Waals surface area contributed by atoms with Crippen molar-refractivity contribution in [3.63, 3.8) is 0 Å². The van der Waals surface area contributed by atoms with E-state index >= 15 is 0 Å². The fourth-order valence-electron chi connectivity index (χ4n) is 7.58. The van der Waals surface area contributed by atoms with Crippen molar-refractivity contribution < 1.29 is 32.3 Å². The van der Waals surface area contributed by atoms with Crippen molar-refractivity contribution in [3.8, 4) is 0 Å². The van der Waals surface area contributed by atoms with E-state index in [1.165, 1.54) is 112 Å². The van der Waals surface area contributed by atoms with Crippen molar-refractivity contribution in [1.82, 2.24) is 20.3 Å². The summed E-state index contributed by atoms with van der Waals surface area (Å²) in [5.41, 5.74) is 9.83. The second kappa shape index (κ2) is 33.8. The number of amides is 3. The molecule has 0 aromatic carbocycles. The molecule has 0 saturated carbocycles. The van der Waals surface area contributed by atoms with E-state index in [0.717, 1.165) is 44.9 Å². The SMILES string of the molecule is CCCCCCCCCCCCCCCCS(=O)(=O)NC[C@H](NC(C)=O)C(=O)N1C[C@H](CCN)C[C@H]1C(=O)N[C@@H](CSC/C=C(\C)CC/C=C(\C)CCC=C(C)C)C(=O)OC. The molecule has 1 heterocycles. The van der Waals surface area contributed by atoms with Gasteiger partial charge < -0.3 is 26.0 Å². The summed E-state index contributed by atoms with van der Waals surface area (Å²) < 4.78 is 33.5. The van der Waals surface area contributed by atoms with Gasteiger partial charge in [-0.1, -0.05) is 125 Å². The number of thioether (sulfide) groups is 1. The lowest BCUT2D eigenvalue weighted by Gasteiger charge is -2.29. The topological polar surface area (TPSA) is 177 Å². The summed E-state index contributed by atoms with van der Waals surface area (Å²) in [6.07, 6.45) is 27.9. The van der Waals surface area contributed by atoms with Crippen LogP contribution in [0, 0.1) is 5.92 Å². The zero-order valence-electron chi connectivity index (χ0n) is 39.1. The molecule has 1 rings (SSSR count). The molecule has 3 amide bonds. The Kier molecular flexibility index (Phi) is 31.2. The van der Waals surface area contributed by atoms with Crippen molar-refractivity contribution in [3.05, 3.63) is 34.9 Å². The second-order valence-electron chi connectivity index (χ2n) is 17.3. The van der Waals surface area contributed by atoms with Gasteiger partial charge in [0.05, 0.1) is 12.9 Å². The maximum Gasteiger partial charge on any atom is 0.329 e. The summed E-state index contributed by atoms with van der Waals surface area (Å²) in [7, 11) is -2.45. The third kappa shape index (κ3) is 27.2. The molecule has 1 saturated heterocycles. The number of hydrogen-bond donors (Lipinski definition) is 4. The van der Waals surface area contributed by atoms with E-state index in [1.54, 1.807) is 0 Å². The first kappa shape index (κ1) is 56.3. The number of sulfonamides is 1. The van der Waals surface area contributed by atoms with E-state index < -0.39 is 51.8 Å². The number of likely N-dealkylation sites (tertiary alicyclic amines) is 1. The largest absolute Gasteiger partial charge is 0.467 e. The molecular weight excluding hydrogens is 811 g/mol. The molecule has 12 nitrogen and oxygen atoms in total. The Morgan fingerprint density at radius 2 is 1.34 bits per heavy atom. The molecule has 1 fully saturated rings. The highest BCUT2D eigenvalue weighted by Crippen LogP contribution is 2.27. The van der Waals surface area contributed by atoms with Crippen molar-refractivity contribution >= 4 is 45.5 Å². The van der Waals surface area contributed by atoms with E-state index in [9.17, 15) is 27.6 Å². The first-order valence-electron chi connectivity index (χ1n) is 23.3. The highest BCUT2D eigenvalue weighted by molar-refractivity contribution is 7.99. The lowest BCUT2D eigenvalue weighted by atomic mass is 10.0. The van der Waals surface area contributed by atoms with E-state index in [-0.39, 0.29) is 30.5 Å². The van der Waals surface area contributed by atoms with Crippen LogP contribution in [0.1, 0.15) is 170 Å². The van der Waals surface area contributed by atoms with E-state index in [1.807, 2.05) is 0 Å². The number of nitrogens with two attached hydrogens (primary N) is 1. The summed E-state index contributed by atoms with van der Waals surface area (Å²) in [5.74, 6) is -1.41. The fourth-order valence-corrected chi connectivity index (χ4v) is 9.72. The Bertz CT molecular complexity index is 1480. The highest BCUT2D eigenvalue weighted by atomic mass is 32.2. The molecule has 0 bridgehead atoms. The molecule has 61 heavy (non-hydrogen) atoms. The van der Waals surface area contributed by atoms with Gasteiger partial charge in [0.1, 0.15) is 18.1 Å². The molecule has 0 aromatic rings.